The van der Waals surface area contributed by atoms with E-state index >= 15 is 0 Å². The van der Waals surface area contributed by atoms with Gasteiger partial charge in [-0.2, -0.15) is 4.99 Å². The lowest BCUT2D eigenvalue weighted by Crippen LogP contribution is -2.30. The van der Waals surface area contributed by atoms with Gasteiger partial charge in [0.1, 0.15) is 24.5 Å². The van der Waals surface area contributed by atoms with E-state index in [2.05, 4.69) is 29.5 Å². The Bertz CT molecular complexity index is 1550. The number of thioether (sulfide) groups is 1. The summed E-state index contributed by atoms with van der Waals surface area (Å²) in [5.74, 6) is 0.931. The first kappa shape index (κ1) is 35.3. The molecule has 1 unspecified atom stereocenters. The molecule has 3 aromatic carbocycles. The fraction of sp³-hybridized carbons (Fsp3) is 0.258. The summed E-state index contributed by atoms with van der Waals surface area (Å²) in [5, 5.41) is 4.47. The summed E-state index contributed by atoms with van der Waals surface area (Å²) in [4.78, 5) is 36.2. The second-order valence-corrected chi connectivity index (χ2v) is 10.9. The molecule has 3 N–H and O–H groups in total. The summed E-state index contributed by atoms with van der Waals surface area (Å²) in [5.41, 5.74) is 11.0. The Kier molecular flexibility index (Phi) is 14.1. The number of aliphatic imine (C=N–C) groups is 3. The minimum atomic E-state index is -2.50. The van der Waals surface area contributed by atoms with Crippen molar-refractivity contribution in [3.63, 3.8) is 0 Å². The van der Waals surface area contributed by atoms with E-state index in [9.17, 15) is 18.4 Å². The standard InChI is InChI=1S/C17H19F2N4OP.C14H16N2O3S/c1-21-14-7-2-11(8-15(14)25)17(20)23-10-22-12-3-5-13(6-4-12)24-9-16(18)19;1-3-19-7-11-5-4-10(2)6-12(11)16-13(18)8-20-14(16)15-9-17/h2-8,10,16,21H,9,25H2,1H3,(H2,20,22,23);4-6,9H,3,7-8H2,1-2H3. The minimum absolute atomic E-state index is 0.0704. The Hall–Kier alpha value is -4.19. The summed E-state index contributed by atoms with van der Waals surface area (Å²) < 4.78 is 34.5. The zero-order valence-electron chi connectivity index (χ0n) is 25.1. The van der Waals surface area contributed by atoms with Gasteiger partial charge in [0.05, 0.1) is 23.7 Å². The maximum absolute atomic E-state index is 12.1. The van der Waals surface area contributed by atoms with Crippen LogP contribution < -0.4 is 26.0 Å². The summed E-state index contributed by atoms with van der Waals surface area (Å²) in [6, 6.07) is 17.9. The molecule has 14 heteroatoms. The van der Waals surface area contributed by atoms with E-state index in [0.29, 0.717) is 47.8 Å². The molecule has 45 heavy (non-hydrogen) atoms. The van der Waals surface area contributed by atoms with Crippen molar-refractivity contribution in [2.24, 2.45) is 20.7 Å². The van der Waals surface area contributed by atoms with Crippen LogP contribution in [0.15, 0.2) is 75.6 Å². The average molecular weight is 657 g/mol. The topological polar surface area (TPSA) is 131 Å². The van der Waals surface area contributed by atoms with E-state index in [1.807, 2.05) is 57.3 Å². The first-order chi connectivity index (χ1) is 21.7. The Morgan fingerprint density at radius 2 is 1.93 bits per heavy atom. The summed E-state index contributed by atoms with van der Waals surface area (Å²) in [6.07, 6.45) is -0.690. The summed E-state index contributed by atoms with van der Waals surface area (Å²) in [7, 11) is 4.47. The molecule has 0 radical (unpaired) electrons. The van der Waals surface area contributed by atoms with Crippen LogP contribution in [0.25, 0.3) is 0 Å². The molecule has 0 aliphatic carbocycles. The molecular weight excluding hydrogens is 621 g/mol. The summed E-state index contributed by atoms with van der Waals surface area (Å²) in [6.45, 7) is 4.27. The molecule has 2 amide bonds. The lowest BCUT2D eigenvalue weighted by Gasteiger charge is -2.20. The first-order valence-corrected chi connectivity index (χ1v) is 15.3. The Morgan fingerprint density at radius 1 is 1.18 bits per heavy atom. The normalized spacial score (nSPS) is 14.2. The molecule has 1 atom stereocenters. The number of anilines is 2. The SMILES string of the molecule is CCOCc1ccc(C)cc1N1C(=O)CSC1=NC=O.CNc1ccc(C(N)=NC=Nc2ccc(OCC(F)F)cc2)cc1P. The van der Waals surface area contributed by atoms with Crippen LogP contribution >= 0.6 is 21.0 Å². The Labute approximate surface area is 267 Å². The van der Waals surface area contributed by atoms with E-state index in [0.717, 1.165) is 33.4 Å². The first-order valence-electron chi connectivity index (χ1n) is 13.8. The maximum Gasteiger partial charge on any atom is 0.272 e. The van der Waals surface area contributed by atoms with Gasteiger partial charge in [-0.25, -0.2) is 18.8 Å². The van der Waals surface area contributed by atoms with Crippen molar-refractivity contribution >= 4 is 73.0 Å². The number of alkyl halides is 2. The molecule has 0 spiro atoms. The van der Waals surface area contributed by atoms with Crippen LogP contribution in [0.2, 0.25) is 0 Å². The number of ether oxygens (including phenoxy) is 2. The number of rotatable bonds is 12. The van der Waals surface area contributed by atoms with Crippen LogP contribution in [0.1, 0.15) is 23.6 Å². The number of carbonyl (C=O) groups excluding carboxylic acids is 2. The molecule has 0 saturated carbocycles. The van der Waals surface area contributed by atoms with E-state index < -0.39 is 13.0 Å². The number of halogens is 2. The highest BCUT2D eigenvalue weighted by molar-refractivity contribution is 8.15. The van der Waals surface area contributed by atoms with Crippen molar-refractivity contribution in [3.8, 4) is 5.75 Å². The molecule has 4 rings (SSSR count). The number of amides is 2. The second-order valence-electron chi connectivity index (χ2n) is 9.31. The molecule has 1 aliphatic heterocycles. The van der Waals surface area contributed by atoms with Crippen molar-refractivity contribution in [1.82, 2.24) is 0 Å². The van der Waals surface area contributed by atoms with Gasteiger partial charge in [-0.15, -0.1) is 9.24 Å². The van der Waals surface area contributed by atoms with Gasteiger partial charge in [0.2, 0.25) is 12.3 Å². The van der Waals surface area contributed by atoms with Crippen LogP contribution in [0.5, 0.6) is 5.75 Å². The molecule has 1 heterocycles. The lowest BCUT2D eigenvalue weighted by atomic mass is 10.1. The van der Waals surface area contributed by atoms with Gasteiger partial charge in [-0.3, -0.25) is 14.5 Å². The molecule has 0 bridgehead atoms. The van der Waals surface area contributed by atoms with E-state index in [1.54, 1.807) is 24.3 Å². The Morgan fingerprint density at radius 3 is 2.58 bits per heavy atom. The number of nitrogens with one attached hydrogen (secondary N) is 1. The van der Waals surface area contributed by atoms with Gasteiger partial charge in [0.25, 0.3) is 6.43 Å². The summed E-state index contributed by atoms with van der Waals surface area (Å²) >= 11 is 1.27. The number of amidine groups is 2. The number of aryl methyl sites for hydroxylation is 1. The van der Waals surface area contributed by atoms with Crippen molar-refractivity contribution in [3.05, 3.63) is 77.4 Å². The maximum atomic E-state index is 12.1. The fourth-order valence-electron chi connectivity index (χ4n) is 3.93. The van der Waals surface area contributed by atoms with Gasteiger partial charge in [0, 0.05) is 30.5 Å². The van der Waals surface area contributed by atoms with Crippen LogP contribution in [0.3, 0.4) is 0 Å². The van der Waals surface area contributed by atoms with Gasteiger partial charge in [-0.1, -0.05) is 23.9 Å². The third-order valence-electron chi connectivity index (χ3n) is 6.10. The van der Waals surface area contributed by atoms with Crippen LogP contribution in [0.4, 0.5) is 25.8 Å². The zero-order valence-corrected chi connectivity index (χ0v) is 27.0. The smallest absolute Gasteiger partial charge is 0.272 e. The van der Waals surface area contributed by atoms with Crippen molar-refractivity contribution in [2.75, 3.05) is 36.2 Å². The number of nitrogens with zero attached hydrogens (tertiary/aromatic N) is 4. The van der Waals surface area contributed by atoms with Gasteiger partial charge in [0.15, 0.2) is 5.17 Å². The van der Waals surface area contributed by atoms with Gasteiger partial charge < -0.3 is 20.5 Å². The fourth-order valence-corrected chi connectivity index (χ4v) is 5.17. The third kappa shape index (κ3) is 10.7. The zero-order chi connectivity index (χ0) is 32.8. The second kappa shape index (κ2) is 17.9. The van der Waals surface area contributed by atoms with Crippen molar-refractivity contribution < 1.29 is 27.8 Å². The highest BCUT2D eigenvalue weighted by Gasteiger charge is 2.31. The lowest BCUT2D eigenvalue weighted by molar-refractivity contribution is -0.115. The molecule has 1 aliphatic rings. The van der Waals surface area contributed by atoms with Crippen LogP contribution in [-0.4, -0.2) is 62.1 Å². The molecule has 10 nitrogen and oxygen atoms in total. The Balaban J connectivity index is 0.000000251. The van der Waals surface area contributed by atoms with Gasteiger partial charge in [-0.05, 0) is 73.2 Å². The van der Waals surface area contributed by atoms with Crippen molar-refractivity contribution in [2.45, 2.75) is 26.9 Å². The average Bonchev–Trinajstić information content (AvgIpc) is 3.39. The number of hydrogen-bond donors (Lipinski definition) is 2. The molecule has 0 aromatic heterocycles. The van der Waals surface area contributed by atoms with E-state index in [4.69, 9.17) is 15.2 Å². The van der Waals surface area contributed by atoms with Crippen LogP contribution in [-0.2, 0) is 20.9 Å². The quantitative estimate of drug-likeness (QED) is 0.121. The minimum Gasteiger partial charge on any atom is -0.488 e. The number of hydrogen-bond acceptors (Lipinski definition) is 7. The third-order valence-corrected chi connectivity index (χ3v) is 7.52. The van der Waals surface area contributed by atoms with Crippen LogP contribution in [0, 0.1) is 6.92 Å². The molecule has 1 fully saturated rings. The molecule has 1 saturated heterocycles. The van der Waals surface area contributed by atoms with Gasteiger partial charge >= 0.3 is 0 Å². The van der Waals surface area contributed by atoms with Crippen molar-refractivity contribution in [1.29, 1.82) is 0 Å². The predicted molar refractivity (Wildman–Crippen MR) is 182 cm³/mol. The number of carbonyl (C=O) groups is 2. The predicted octanol–water partition coefficient (Wildman–Crippen LogP) is 5.06. The number of benzene rings is 3. The largest absolute Gasteiger partial charge is 0.488 e. The monoisotopic (exact) mass is 656 g/mol. The molecule has 238 valence electrons. The highest BCUT2D eigenvalue weighted by Crippen LogP contribution is 2.31. The highest BCUT2D eigenvalue weighted by atomic mass is 32.2. The molecule has 3 aromatic rings. The molecular formula is C31H35F2N6O4PS. The number of nitrogens with two attached hydrogens (primary N) is 1. The van der Waals surface area contributed by atoms with E-state index in [-0.39, 0.29) is 5.91 Å². The van der Waals surface area contributed by atoms with E-state index in [1.165, 1.54) is 23.0 Å².